The van der Waals surface area contributed by atoms with E-state index in [1.807, 2.05) is 45.9 Å². The van der Waals surface area contributed by atoms with E-state index in [0.717, 1.165) is 32.6 Å². The fourth-order valence-corrected chi connectivity index (χ4v) is 3.27. The number of rotatable bonds is 3. The summed E-state index contributed by atoms with van der Waals surface area (Å²) in [7, 11) is 0. The standard InChI is InChI=1S/C16H18N6OS2/c1-8(2)13(23)18-15(24)17-12-6-5-11(7-9(12)3)14-21-22-10(4)19-20-16(22)25-14/h5-8H,1-4H3,(H2,17,18,23,24). The quantitative estimate of drug-likeness (QED) is 0.686. The first-order valence-corrected chi connectivity index (χ1v) is 8.99. The number of aromatic nitrogens is 4. The van der Waals surface area contributed by atoms with Gasteiger partial charge in [0.05, 0.1) is 0 Å². The molecule has 1 amide bonds. The number of nitrogens with one attached hydrogen (secondary N) is 2. The maximum atomic E-state index is 11.7. The average Bonchev–Trinajstić information content (AvgIpc) is 3.11. The van der Waals surface area contributed by atoms with Gasteiger partial charge in [0, 0.05) is 17.2 Å². The molecule has 0 aliphatic carbocycles. The van der Waals surface area contributed by atoms with Gasteiger partial charge in [-0.25, -0.2) is 0 Å². The molecule has 0 radical (unpaired) electrons. The van der Waals surface area contributed by atoms with Gasteiger partial charge in [0.2, 0.25) is 10.9 Å². The minimum atomic E-state index is -0.120. The molecule has 3 aromatic rings. The lowest BCUT2D eigenvalue weighted by Crippen LogP contribution is -2.36. The Morgan fingerprint density at radius 2 is 2.04 bits per heavy atom. The molecule has 0 saturated heterocycles. The number of fused-ring (bicyclic) bond motifs is 1. The molecule has 25 heavy (non-hydrogen) atoms. The zero-order chi connectivity index (χ0) is 18.1. The molecule has 0 atom stereocenters. The first-order valence-electron chi connectivity index (χ1n) is 7.77. The third kappa shape index (κ3) is 3.67. The van der Waals surface area contributed by atoms with Crippen LogP contribution in [-0.4, -0.2) is 30.8 Å². The summed E-state index contributed by atoms with van der Waals surface area (Å²) in [6, 6.07) is 5.91. The molecule has 2 heterocycles. The van der Waals surface area contributed by atoms with Crippen LogP contribution in [0.25, 0.3) is 15.5 Å². The molecule has 0 unspecified atom stereocenters. The predicted molar refractivity (Wildman–Crippen MR) is 103 cm³/mol. The largest absolute Gasteiger partial charge is 0.332 e. The normalized spacial score (nSPS) is 11.1. The summed E-state index contributed by atoms with van der Waals surface area (Å²) in [5.74, 6) is 0.533. The minimum Gasteiger partial charge on any atom is -0.332 e. The summed E-state index contributed by atoms with van der Waals surface area (Å²) in [5, 5.41) is 19.5. The Bertz CT molecular complexity index is 959. The second kappa shape index (κ2) is 6.85. The second-order valence-electron chi connectivity index (χ2n) is 5.98. The number of hydrogen-bond donors (Lipinski definition) is 2. The first kappa shape index (κ1) is 17.4. The number of carbonyl (C=O) groups excluding carboxylic acids is 1. The van der Waals surface area contributed by atoms with Gasteiger partial charge in [0.25, 0.3) is 0 Å². The van der Waals surface area contributed by atoms with Crippen LogP contribution in [0.4, 0.5) is 5.69 Å². The molecular formula is C16H18N6OS2. The molecule has 0 saturated carbocycles. The number of amides is 1. The lowest BCUT2D eigenvalue weighted by Gasteiger charge is -2.13. The smallest absolute Gasteiger partial charge is 0.234 e. The average molecular weight is 374 g/mol. The molecule has 3 rings (SSSR count). The van der Waals surface area contributed by atoms with Gasteiger partial charge < -0.3 is 10.6 Å². The van der Waals surface area contributed by atoms with E-state index < -0.39 is 0 Å². The van der Waals surface area contributed by atoms with Crippen LogP contribution in [0.1, 0.15) is 25.2 Å². The Kier molecular flexibility index (Phi) is 4.78. The zero-order valence-corrected chi connectivity index (χ0v) is 16.0. The van der Waals surface area contributed by atoms with Gasteiger partial charge in [0.15, 0.2) is 10.9 Å². The molecule has 1 aromatic carbocycles. The van der Waals surface area contributed by atoms with Crippen molar-refractivity contribution in [1.29, 1.82) is 0 Å². The predicted octanol–water partition coefficient (Wildman–Crippen LogP) is 2.94. The van der Waals surface area contributed by atoms with E-state index in [0.29, 0.717) is 5.11 Å². The monoisotopic (exact) mass is 374 g/mol. The number of carbonyl (C=O) groups is 1. The summed E-state index contributed by atoms with van der Waals surface area (Å²) in [6.45, 7) is 7.48. The fourth-order valence-electron chi connectivity index (χ4n) is 2.18. The third-order valence-corrected chi connectivity index (χ3v) is 4.78. The first-order chi connectivity index (χ1) is 11.8. The van der Waals surface area contributed by atoms with Crippen molar-refractivity contribution in [1.82, 2.24) is 25.1 Å². The Labute approximate surface area is 154 Å². The minimum absolute atomic E-state index is 0.109. The van der Waals surface area contributed by atoms with Crippen LogP contribution in [0.2, 0.25) is 0 Å². The van der Waals surface area contributed by atoms with Gasteiger partial charge in [-0.1, -0.05) is 25.2 Å². The number of benzene rings is 1. The van der Waals surface area contributed by atoms with Gasteiger partial charge in [0.1, 0.15) is 5.01 Å². The SMILES string of the molecule is Cc1cc(-c2nn3c(C)nnc3s2)ccc1NC(=S)NC(=O)C(C)C. The van der Waals surface area contributed by atoms with Gasteiger partial charge in [-0.05, 0) is 49.8 Å². The molecule has 7 nitrogen and oxygen atoms in total. The summed E-state index contributed by atoms with van der Waals surface area (Å²) < 4.78 is 1.73. The van der Waals surface area contributed by atoms with Crippen molar-refractivity contribution < 1.29 is 4.79 Å². The van der Waals surface area contributed by atoms with Crippen LogP contribution in [0.15, 0.2) is 18.2 Å². The van der Waals surface area contributed by atoms with Crippen molar-refractivity contribution in [3.05, 3.63) is 29.6 Å². The number of anilines is 1. The van der Waals surface area contributed by atoms with Crippen molar-refractivity contribution in [2.24, 2.45) is 5.92 Å². The lowest BCUT2D eigenvalue weighted by molar-refractivity contribution is -0.122. The Morgan fingerprint density at radius 3 is 2.68 bits per heavy atom. The van der Waals surface area contributed by atoms with Crippen molar-refractivity contribution in [3.8, 4) is 10.6 Å². The van der Waals surface area contributed by atoms with Crippen LogP contribution in [0.3, 0.4) is 0 Å². The highest BCUT2D eigenvalue weighted by atomic mass is 32.1. The number of aryl methyl sites for hydroxylation is 2. The number of hydrogen-bond acceptors (Lipinski definition) is 6. The number of nitrogens with zero attached hydrogens (tertiary/aromatic N) is 4. The van der Waals surface area contributed by atoms with E-state index in [2.05, 4.69) is 25.9 Å². The number of thiocarbonyl (C=S) groups is 1. The van der Waals surface area contributed by atoms with E-state index in [1.54, 1.807) is 4.52 Å². The second-order valence-corrected chi connectivity index (χ2v) is 7.34. The van der Waals surface area contributed by atoms with E-state index >= 15 is 0 Å². The Morgan fingerprint density at radius 1 is 1.28 bits per heavy atom. The fraction of sp³-hybridized carbons (Fsp3) is 0.312. The molecule has 0 fully saturated rings. The molecule has 0 bridgehead atoms. The summed E-state index contributed by atoms with van der Waals surface area (Å²) in [4.78, 5) is 12.5. The van der Waals surface area contributed by atoms with Crippen LogP contribution in [0, 0.1) is 19.8 Å². The molecule has 0 aliphatic heterocycles. The van der Waals surface area contributed by atoms with E-state index in [1.165, 1.54) is 11.3 Å². The summed E-state index contributed by atoms with van der Waals surface area (Å²) in [5.41, 5.74) is 2.84. The summed E-state index contributed by atoms with van der Waals surface area (Å²) in [6.07, 6.45) is 0. The van der Waals surface area contributed by atoms with Gasteiger partial charge >= 0.3 is 0 Å². The van der Waals surface area contributed by atoms with Crippen LogP contribution in [0.5, 0.6) is 0 Å². The molecule has 0 spiro atoms. The van der Waals surface area contributed by atoms with Crippen LogP contribution < -0.4 is 10.6 Å². The van der Waals surface area contributed by atoms with Crippen molar-refractivity contribution in [2.75, 3.05) is 5.32 Å². The maximum Gasteiger partial charge on any atom is 0.234 e. The van der Waals surface area contributed by atoms with Crippen molar-refractivity contribution in [2.45, 2.75) is 27.7 Å². The molecule has 0 aliphatic rings. The van der Waals surface area contributed by atoms with Gasteiger partial charge in [-0.2, -0.15) is 9.61 Å². The highest BCUT2D eigenvalue weighted by molar-refractivity contribution is 7.80. The maximum absolute atomic E-state index is 11.7. The lowest BCUT2D eigenvalue weighted by atomic mass is 10.1. The van der Waals surface area contributed by atoms with Crippen LogP contribution >= 0.6 is 23.6 Å². The van der Waals surface area contributed by atoms with Gasteiger partial charge in [-0.3, -0.25) is 4.79 Å². The highest BCUT2D eigenvalue weighted by Crippen LogP contribution is 2.28. The molecule has 2 aromatic heterocycles. The van der Waals surface area contributed by atoms with Crippen molar-refractivity contribution >= 4 is 45.2 Å². The van der Waals surface area contributed by atoms with E-state index in [9.17, 15) is 4.79 Å². The third-order valence-electron chi connectivity index (χ3n) is 3.63. The van der Waals surface area contributed by atoms with Crippen molar-refractivity contribution in [3.63, 3.8) is 0 Å². The Hall–Kier alpha value is -2.39. The van der Waals surface area contributed by atoms with Crippen LogP contribution in [-0.2, 0) is 4.79 Å². The topological polar surface area (TPSA) is 84.2 Å². The molecular weight excluding hydrogens is 356 g/mol. The van der Waals surface area contributed by atoms with Gasteiger partial charge in [-0.15, -0.1) is 10.2 Å². The molecule has 9 heteroatoms. The summed E-state index contributed by atoms with van der Waals surface area (Å²) >= 11 is 6.68. The molecule has 130 valence electrons. The van der Waals surface area contributed by atoms with E-state index in [-0.39, 0.29) is 11.8 Å². The zero-order valence-electron chi connectivity index (χ0n) is 14.3. The Balaban J connectivity index is 1.78. The van der Waals surface area contributed by atoms with E-state index in [4.69, 9.17) is 12.2 Å². The molecule has 2 N–H and O–H groups in total. The highest BCUT2D eigenvalue weighted by Gasteiger charge is 2.13.